The van der Waals surface area contributed by atoms with Gasteiger partial charge in [-0.3, -0.25) is 0 Å². The maximum absolute atomic E-state index is 3.99. The predicted molar refractivity (Wildman–Crippen MR) is 267 cm³/mol. The Morgan fingerprint density at radius 2 is 0.968 bits per heavy atom. The Morgan fingerprint density at radius 1 is 0.419 bits per heavy atom. The lowest BCUT2D eigenvalue weighted by molar-refractivity contribution is 1.19. The monoisotopic (exact) mass is 793 g/mol. The molecule has 0 radical (unpaired) electrons. The first-order valence-corrected chi connectivity index (χ1v) is 21.3. The molecular formula is C59H43N3. The van der Waals surface area contributed by atoms with Gasteiger partial charge in [-0.2, -0.15) is 0 Å². The first kappa shape index (κ1) is 36.9. The highest BCUT2D eigenvalue weighted by molar-refractivity contribution is 6.38. The van der Waals surface area contributed by atoms with Crippen LogP contribution in [0.3, 0.4) is 0 Å². The first-order chi connectivity index (χ1) is 30.7. The van der Waals surface area contributed by atoms with Crippen LogP contribution >= 0.6 is 0 Å². The second-order valence-electron chi connectivity index (χ2n) is 15.8. The van der Waals surface area contributed by atoms with Crippen molar-refractivity contribution in [3.8, 4) is 27.9 Å². The molecule has 1 N–H and O–H groups in total. The molecule has 0 saturated carbocycles. The third-order valence-electron chi connectivity index (χ3n) is 12.1. The maximum Gasteiger partial charge on any atom is 0.0627 e. The molecule has 0 aliphatic heterocycles. The summed E-state index contributed by atoms with van der Waals surface area (Å²) in [6, 6.07) is 79.1. The number of anilines is 3. The quantitative estimate of drug-likeness (QED) is 0.167. The average molecular weight is 794 g/mol. The number of benzene rings is 10. The highest BCUT2D eigenvalue weighted by atomic mass is 15.1. The van der Waals surface area contributed by atoms with Gasteiger partial charge in [0.15, 0.2) is 0 Å². The SMILES string of the molecule is C=CC.c1ccc(-c2ccc(N(c3cccc(-c4ccccc4)c3)c3ccc4c(c3)[nH]c3c5ccccc5c5c(c6ccc7ccccc7c6n5-c5ccccc5)c43)cc2)cc1. The van der Waals surface area contributed by atoms with E-state index >= 15 is 0 Å². The van der Waals surface area contributed by atoms with Crippen molar-refractivity contribution in [3.63, 3.8) is 0 Å². The summed E-state index contributed by atoms with van der Waals surface area (Å²) in [4.78, 5) is 6.38. The smallest absolute Gasteiger partial charge is 0.0627 e. The summed E-state index contributed by atoms with van der Waals surface area (Å²) >= 11 is 0. The molecule has 3 heteroatoms. The molecule has 2 aromatic heterocycles. The van der Waals surface area contributed by atoms with Crippen LogP contribution in [0.15, 0.2) is 231 Å². The lowest BCUT2D eigenvalue weighted by atomic mass is 9.98. The number of para-hydroxylation sites is 1. The van der Waals surface area contributed by atoms with Crippen molar-refractivity contribution in [3.05, 3.63) is 231 Å². The van der Waals surface area contributed by atoms with Crippen LogP contribution in [0.2, 0.25) is 0 Å². The number of nitrogens with one attached hydrogen (secondary N) is 1. The summed E-state index contributed by atoms with van der Waals surface area (Å²) in [5, 5.41) is 9.89. The summed E-state index contributed by atoms with van der Waals surface area (Å²) in [6.07, 6.45) is 1.75. The zero-order valence-corrected chi connectivity index (χ0v) is 34.5. The lowest BCUT2D eigenvalue weighted by Gasteiger charge is -2.26. The van der Waals surface area contributed by atoms with Gasteiger partial charge in [0.2, 0.25) is 0 Å². The third-order valence-corrected chi connectivity index (χ3v) is 12.1. The molecule has 0 unspecified atom stereocenters. The number of nitrogens with zero attached hydrogens (tertiary/aromatic N) is 2. The first-order valence-electron chi connectivity index (χ1n) is 21.3. The van der Waals surface area contributed by atoms with E-state index in [1.807, 2.05) is 6.92 Å². The molecule has 0 amide bonds. The van der Waals surface area contributed by atoms with Crippen molar-refractivity contribution >= 4 is 82.2 Å². The van der Waals surface area contributed by atoms with Gasteiger partial charge in [-0.1, -0.05) is 176 Å². The molecule has 2 heterocycles. The second kappa shape index (κ2) is 15.5. The van der Waals surface area contributed by atoms with Crippen LogP contribution in [0.25, 0.3) is 93.1 Å². The van der Waals surface area contributed by atoms with Crippen molar-refractivity contribution < 1.29 is 0 Å². The summed E-state index contributed by atoms with van der Waals surface area (Å²) < 4.78 is 2.50. The third kappa shape index (κ3) is 6.14. The standard InChI is InChI=1S/C56H37N3.C3H6/c1-4-15-37(16-5-1)39-27-30-43(31-28-39)58(44-23-14-20-41(35-44)38-17-6-2-7-18-38)45-32-34-49-51(36-45)57-54-47-25-12-13-26-48(47)56-53(52(49)54)50-33-29-40-19-10-11-24-46(40)55(50)59(56)42-21-8-3-9-22-42;1-3-2/h1-36,57H;3H,1H2,2H3. The van der Waals surface area contributed by atoms with Crippen molar-refractivity contribution in [2.45, 2.75) is 6.92 Å². The minimum absolute atomic E-state index is 1.08. The van der Waals surface area contributed by atoms with E-state index in [2.05, 4.69) is 239 Å². The van der Waals surface area contributed by atoms with Crippen molar-refractivity contribution in [2.75, 3.05) is 4.90 Å². The van der Waals surface area contributed by atoms with E-state index < -0.39 is 0 Å². The molecule has 62 heavy (non-hydrogen) atoms. The van der Waals surface area contributed by atoms with Gasteiger partial charge in [0, 0.05) is 66.0 Å². The largest absolute Gasteiger partial charge is 0.354 e. The van der Waals surface area contributed by atoms with E-state index in [0.29, 0.717) is 0 Å². The molecule has 0 atom stereocenters. The van der Waals surface area contributed by atoms with Gasteiger partial charge in [0.25, 0.3) is 0 Å². The van der Waals surface area contributed by atoms with Crippen LogP contribution in [-0.2, 0) is 0 Å². The molecule has 294 valence electrons. The number of aromatic amines is 1. The molecule has 0 bridgehead atoms. The summed E-state index contributed by atoms with van der Waals surface area (Å²) in [6.45, 7) is 5.25. The molecule has 0 fully saturated rings. The van der Waals surface area contributed by atoms with Crippen LogP contribution in [0.4, 0.5) is 17.1 Å². The van der Waals surface area contributed by atoms with Crippen LogP contribution in [0, 0.1) is 0 Å². The molecule has 12 aromatic rings. The van der Waals surface area contributed by atoms with Crippen molar-refractivity contribution in [2.24, 2.45) is 0 Å². The predicted octanol–water partition coefficient (Wildman–Crippen LogP) is 16.7. The molecular weight excluding hydrogens is 751 g/mol. The zero-order chi connectivity index (χ0) is 41.6. The Labute approximate surface area is 361 Å². The van der Waals surface area contributed by atoms with Crippen molar-refractivity contribution in [1.82, 2.24) is 9.55 Å². The van der Waals surface area contributed by atoms with E-state index in [1.54, 1.807) is 6.08 Å². The number of fused-ring (bicyclic) bond motifs is 12. The molecule has 0 saturated heterocycles. The molecule has 0 aliphatic carbocycles. The fourth-order valence-corrected chi connectivity index (χ4v) is 9.42. The Morgan fingerprint density at radius 3 is 1.69 bits per heavy atom. The molecule has 0 aliphatic rings. The molecule has 0 spiro atoms. The zero-order valence-electron chi connectivity index (χ0n) is 34.5. The number of rotatable bonds is 6. The fourth-order valence-electron chi connectivity index (χ4n) is 9.42. The van der Waals surface area contributed by atoms with Gasteiger partial charge in [-0.05, 0) is 83.1 Å². The highest BCUT2D eigenvalue weighted by Crippen LogP contribution is 2.47. The van der Waals surface area contributed by atoms with Gasteiger partial charge >= 0.3 is 0 Å². The van der Waals surface area contributed by atoms with Gasteiger partial charge in [-0.25, -0.2) is 0 Å². The van der Waals surface area contributed by atoms with Crippen LogP contribution < -0.4 is 4.90 Å². The topological polar surface area (TPSA) is 24.0 Å². The Kier molecular flexibility index (Phi) is 9.21. The van der Waals surface area contributed by atoms with Gasteiger partial charge < -0.3 is 14.5 Å². The fraction of sp³-hybridized carbons (Fsp3) is 0.0169. The minimum atomic E-state index is 1.08. The van der Waals surface area contributed by atoms with Crippen molar-refractivity contribution in [1.29, 1.82) is 0 Å². The molecule has 12 rings (SSSR count). The normalized spacial score (nSPS) is 11.4. The average Bonchev–Trinajstić information content (AvgIpc) is 3.90. The Hall–Kier alpha value is -8.14. The van der Waals surface area contributed by atoms with E-state index in [9.17, 15) is 0 Å². The van der Waals surface area contributed by atoms with E-state index in [4.69, 9.17) is 0 Å². The number of hydrogen-bond acceptors (Lipinski definition) is 1. The summed E-state index contributed by atoms with van der Waals surface area (Å²) in [7, 11) is 0. The molecule has 10 aromatic carbocycles. The van der Waals surface area contributed by atoms with E-state index in [0.717, 1.165) is 33.8 Å². The van der Waals surface area contributed by atoms with Crippen LogP contribution in [0.1, 0.15) is 6.92 Å². The van der Waals surface area contributed by atoms with E-state index in [-0.39, 0.29) is 0 Å². The summed E-state index contributed by atoms with van der Waals surface area (Å²) in [5.41, 5.74) is 13.9. The minimum Gasteiger partial charge on any atom is -0.354 e. The number of hydrogen-bond donors (Lipinski definition) is 1. The highest BCUT2D eigenvalue weighted by Gasteiger charge is 2.24. The molecule has 3 nitrogen and oxygen atoms in total. The number of aromatic nitrogens is 2. The van der Waals surface area contributed by atoms with E-state index in [1.165, 1.54) is 76.4 Å². The Bertz CT molecular complexity index is 3580. The van der Waals surface area contributed by atoms with Gasteiger partial charge in [0.05, 0.1) is 16.6 Å². The summed E-state index contributed by atoms with van der Waals surface area (Å²) in [5.74, 6) is 0. The van der Waals surface area contributed by atoms with Crippen LogP contribution in [0.5, 0.6) is 0 Å². The number of allylic oxidation sites excluding steroid dienone is 1. The van der Waals surface area contributed by atoms with Gasteiger partial charge in [0.1, 0.15) is 0 Å². The van der Waals surface area contributed by atoms with Crippen LogP contribution in [-0.4, -0.2) is 9.55 Å². The maximum atomic E-state index is 3.99. The second-order valence-corrected chi connectivity index (χ2v) is 15.8. The lowest BCUT2D eigenvalue weighted by Crippen LogP contribution is -2.10. The van der Waals surface area contributed by atoms with Gasteiger partial charge in [-0.15, -0.1) is 6.58 Å². The Balaban J connectivity index is 0.00000140. The number of H-pyrrole nitrogens is 1.